The number of phosphoric ester groups is 1. The van der Waals surface area contributed by atoms with E-state index in [1.54, 1.807) is 0 Å². The second kappa shape index (κ2) is 57.9. The van der Waals surface area contributed by atoms with Crippen LogP contribution in [0.4, 0.5) is 0 Å². The number of hydrogen-bond donors (Lipinski definition) is 1. The molecule has 3 unspecified atom stereocenters. The molecule has 0 aliphatic heterocycles. The number of ether oxygens (including phenoxy) is 1. The van der Waals surface area contributed by atoms with Crippen LogP contribution < -0.4 is 10.2 Å². The fraction of sp³-hybridized carbons (Fsp3) is 0.710. The monoisotopic (exact) mass is 1120 g/mol. The molecule has 79 heavy (non-hydrogen) atoms. The third-order valence-electron chi connectivity index (χ3n) is 13.7. The molecule has 0 rings (SSSR count). The molecular weight excluding hydrogens is 1000 g/mol. The Morgan fingerprint density at radius 3 is 1.30 bits per heavy atom. The number of hydrogen-bond acceptors (Lipinski definition) is 7. The van der Waals surface area contributed by atoms with Crippen LogP contribution in [0, 0.1) is 0 Å². The third-order valence-corrected chi connectivity index (χ3v) is 14.7. The third kappa shape index (κ3) is 59.1. The van der Waals surface area contributed by atoms with Crippen molar-refractivity contribution < 1.29 is 37.3 Å². The highest BCUT2D eigenvalue weighted by molar-refractivity contribution is 7.45. The van der Waals surface area contributed by atoms with Gasteiger partial charge in [0.15, 0.2) is 0 Å². The van der Waals surface area contributed by atoms with Crippen molar-refractivity contribution in [3.05, 3.63) is 109 Å². The summed E-state index contributed by atoms with van der Waals surface area (Å²) in [5.41, 5.74) is 0. The number of nitrogens with one attached hydrogen (secondary N) is 1. The molecule has 0 aliphatic carbocycles. The lowest BCUT2D eigenvalue weighted by molar-refractivity contribution is -0.870. The summed E-state index contributed by atoms with van der Waals surface area (Å²) < 4.78 is 30.3. The van der Waals surface area contributed by atoms with Crippen LogP contribution in [0.2, 0.25) is 0 Å². The summed E-state index contributed by atoms with van der Waals surface area (Å²) in [6.07, 6.45) is 79.2. The van der Waals surface area contributed by atoms with Gasteiger partial charge in [0.2, 0.25) is 5.91 Å². The minimum absolute atomic E-state index is 0.0350. The smallest absolute Gasteiger partial charge is 0.306 e. The largest absolute Gasteiger partial charge is 0.756 e. The molecule has 0 aromatic heterocycles. The van der Waals surface area contributed by atoms with E-state index in [9.17, 15) is 19.0 Å². The number of allylic oxidation sites excluding steroid dienone is 17. The van der Waals surface area contributed by atoms with Crippen LogP contribution in [0.3, 0.4) is 0 Å². The highest BCUT2D eigenvalue weighted by atomic mass is 31.2. The predicted octanol–water partition coefficient (Wildman–Crippen LogP) is 19.5. The van der Waals surface area contributed by atoms with Gasteiger partial charge in [-0.15, -0.1) is 0 Å². The molecule has 0 aromatic carbocycles. The number of quaternary nitrogens is 1. The first kappa shape index (κ1) is 75.7. The highest BCUT2D eigenvalue weighted by Crippen LogP contribution is 2.38. The molecule has 0 aliphatic rings. The Kier molecular flexibility index (Phi) is 55.4. The first-order chi connectivity index (χ1) is 38.4. The van der Waals surface area contributed by atoms with E-state index in [1.807, 2.05) is 33.3 Å². The van der Waals surface area contributed by atoms with Crippen LogP contribution in [0.15, 0.2) is 109 Å². The summed E-state index contributed by atoms with van der Waals surface area (Å²) >= 11 is 0. The Morgan fingerprint density at radius 1 is 0.468 bits per heavy atom. The number of carbonyl (C=O) groups is 2. The Hall–Kier alpha value is -3.33. The van der Waals surface area contributed by atoms with Crippen LogP contribution in [-0.2, 0) is 27.9 Å². The number of nitrogens with zero attached hydrogens (tertiary/aromatic N) is 1. The zero-order chi connectivity index (χ0) is 57.9. The van der Waals surface area contributed by atoms with E-state index >= 15 is 0 Å². The molecule has 1 amide bonds. The van der Waals surface area contributed by atoms with Gasteiger partial charge in [0, 0.05) is 12.8 Å². The fourth-order valence-corrected chi connectivity index (χ4v) is 9.47. The van der Waals surface area contributed by atoms with Crippen molar-refractivity contribution in [1.82, 2.24) is 5.32 Å². The van der Waals surface area contributed by atoms with Gasteiger partial charge in [-0.2, -0.15) is 0 Å². The molecular formula is C69H121N2O7P. The van der Waals surface area contributed by atoms with Gasteiger partial charge in [-0.05, 0) is 109 Å². The lowest BCUT2D eigenvalue weighted by Gasteiger charge is -2.30. The van der Waals surface area contributed by atoms with Crippen molar-refractivity contribution >= 4 is 19.7 Å². The molecule has 0 heterocycles. The predicted molar refractivity (Wildman–Crippen MR) is 339 cm³/mol. The van der Waals surface area contributed by atoms with E-state index in [2.05, 4.69) is 123 Å². The molecule has 0 spiro atoms. The maximum absolute atomic E-state index is 13.5. The fourth-order valence-electron chi connectivity index (χ4n) is 8.75. The van der Waals surface area contributed by atoms with Gasteiger partial charge < -0.3 is 28.5 Å². The van der Waals surface area contributed by atoms with Crippen molar-refractivity contribution in [1.29, 1.82) is 0 Å². The van der Waals surface area contributed by atoms with E-state index in [1.165, 1.54) is 96.3 Å². The highest BCUT2D eigenvalue weighted by Gasteiger charge is 2.27. The first-order valence-corrected chi connectivity index (χ1v) is 33.7. The van der Waals surface area contributed by atoms with Crippen LogP contribution in [0.5, 0.6) is 0 Å². The van der Waals surface area contributed by atoms with E-state index < -0.39 is 26.6 Å². The van der Waals surface area contributed by atoms with E-state index in [-0.39, 0.29) is 31.3 Å². The minimum atomic E-state index is -4.72. The number of phosphoric acid groups is 1. The van der Waals surface area contributed by atoms with Gasteiger partial charge in [-0.3, -0.25) is 14.2 Å². The number of carbonyl (C=O) groups excluding carboxylic acids is 2. The molecule has 9 nitrogen and oxygen atoms in total. The Balaban J connectivity index is 5.25. The van der Waals surface area contributed by atoms with Gasteiger partial charge in [-0.1, -0.05) is 252 Å². The molecule has 0 radical (unpaired) electrons. The van der Waals surface area contributed by atoms with Crippen molar-refractivity contribution in [3.8, 4) is 0 Å². The summed E-state index contributed by atoms with van der Waals surface area (Å²) in [5.74, 6) is -0.593. The molecule has 0 saturated carbocycles. The molecule has 3 atom stereocenters. The molecule has 0 bridgehead atoms. The van der Waals surface area contributed by atoms with Crippen molar-refractivity contribution in [2.24, 2.45) is 0 Å². The van der Waals surface area contributed by atoms with Crippen molar-refractivity contribution in [2.45, 2.75) is 277 Å². The van der Waals surface area contributed by atoms with Crippen LogP contribution in [0.25, 0.3) is 0 Å². The molecule has 454 valence electrons. The summed E-state index contributed by atoms with van der Waals surface area (Å²) in [5, 5.41) is 3.01. The summed E-state index contributed by atoms with van der Waals surface area (Å²) in [6.45, 7) is 6.69. The average Bonchev–Trinajstić information content (AvgIpc) is 3.41. The quantitative estimate of drug-likeness (QED) is 0.0161. The average molecular weight is 1120 g/mol. The zero-order valence-electron chi connectivity index (χ0n) is 51.8. The number of esters is 1. The van der Waals surface area contributed by atoms with Crippen molar-refractivity contribution in [3.63, 3.8) is 0 Å². The standard InChI is InChI=1S/C69H121N2O7P/c1-7-10-13-16-19-22-25-28-30-32-33-34-35-36-37-38-39-40-42-44-47-50-53-56-59-62-69(73)78-67(60-57-54-51-48-45-27-24-21-18-15-12-9-3)66(65-77-79(74,75)76-64-63-71(4,5)6)70-68(72)61-58-55-52-49-46-43-41-31-29-26-23-20-17-14-11-8-2/h10,13,19,22,28,30-31,33-34,36-37,39-41,43,46,57,60,66-67H,7-9,11-12,14-18,20-21,23-27,29,32,35,38,42,44-45,47-56,58-59,61-65H2,1-6H3,(H-,70,72,74,75)/b13-10-,22-19-,30-28-,34-33-,37-36-,40-39-,41-31+,46-43+,60-57-. The van der Waals surface area contributed by atoms with E-state index in [4.69, 9.17) is 13.8 Å². The number of amides is 1. The lowest BCUT2D eigenvalue weighted by Crippen LogP contribution is -2.47. The number of unbranched alkanes of at least 4 members (excludes halogenated alkanes) is 26. The van der Waals surface area contributed by atoms with Gasteiger partial charge in [0.1, 0.15) is 19.3 Å². The van der Waals surface area contributed by atoms with Gasteiger partial charge >= 0.3 is 5.97 Å². The summed E-state index contributed by atoms with van der Waals surface area (Å²) in [6, 6.07) is -0.915. The lowest BCUT2D eigenvalue weighted by atomic mass is 10.0. The van der Waals surface area contributed by atoms with Gasteiger partial charge in [0.25, 0.3) is 7.82 Å². The minimum Gasteiger partial charge on any atom is -0.756 e. The Labute approximate surface area is 487 Å². The van der Waals surface area contributed by atoms with Gasteiger partial charge in [0.05, 0.1) is 33.8 Å². The molecule has 0 saturated heterocycles. The molecule has 10 heteroatoms. The second-order valence-electron chi connectivity index (χ2n) is 22.6. The number of rotatable bonds is 57. The molecule has 0 aromatic rings. The Bertz CT molecular complexity index is 1720. The number of likely N-dealkylation sites (N-methyl/N-ethyl adjacent to an activating group) is 1. The maximum atomic E-state index is 13.5. The van der Waals surface area contributed by atoms with Crippen LogP contribution in [0.1, 0.15) is 265 Å². The van der Waals surface area contributed by atoms with Crippen molar-refractivity contribution in [2.75, 3.05) is 40.9 Å². The van der Waals surface area contributed by atoms with Gasteiger partial charge in [-0.25, -0.2) is 0 Å². The van der Waals surface area contributed by atoms with E-state index in [0.717, 1.165) is 122 Å². The summed E-state index contributed by atoms with van der Waals surface area (Å²) in [7, 11) is 1.15. The van der Waals surface area contributed by atoms with Crippen LogP contribution >= 0.6 is 7.82 Å². The Morgan fingerprint density at radius 2 is 0.848 bits per heavy atom. The second-order valence-corrected chi connectivity index (χ2v) is 24.0. The molecule has 1 N–H and O–H groups in total. The summed E-state index contributed by atoms with van der Waals surface area (Å²) in [4.78, 5) is 40.0. The maximum Gasteiger partial charge on any atom is 0.306 e. The molecule has 0 fully saturated rings. The zero-order valence-corrected chi connectivity index (χ0v) is 52.7. The van der Waals surface area contributed by atoms with E-state index in [0.29, 0.717) is 23.9 Å². The topological polar surface area (TPSA) is 114 Å². The normalized spacial score (nSPS) is 14.4. The first-order valence-electron chi connectivity index (χ1n) is 32.2. The SMILES string of the molecule is CC/C=C\C/C=C\C/C=C\C/C=C\C/C=C\C/C=C\CCCCCCCCC(=O)OC(/C=C\CCCCCCCCCCCC)C(COP(=O)([O-])OCC[N+](C)(C)C)NC(=O)CCCCC/C=C/C=C/CCCCCCCCC. The van der Waals surface area contributed by atoms with Crippen LogP contribution in [-0.4, -0.2) is 69.4 Å².